The molecule has 3 aromatic carbocycles. The first-order chi connectivity index (χ1) is 16.9. The van der Waals surface area contributed by atoms with Crippen LogP contribution < -0.4 is 14.9 Å². The molecule has 9 nitrogen and oxygen atoms in total. The van der Waals surface area contributed by atoms with Gasteiger partial charge in [0.1, 0.15) is 5.58 Å². The lowest BCUT2D eigenvalue weighted by Crippen LogP contribution is -2.29. The molecule has 0 saturated carbocycles. The molecular formula is C25H15BrN2O7. The Morgan fingerprint density at radius 3 is 2.69 bits per heavy atom. The summed E-state index contributed by atoms with van der Waals surface area (Å²) in [6.07, 6.45) is 0. The number of nitro benzene ring substituents is 1. The first kappa shape index (κ1) is 21.4. The lowest BCUT2D eigenvalue weighted by atomic mass is 9.98. The van der Waals surface area contributed by atoms with Gasteiger partial charge in [0.25, 0.3) is 11.6 Å². The number of benzene rings is 3. The zero-order valence-electron chi connectivity index (χ0n) is 17.9. The number of rotatable bonds is 4. The maximum absolute atomic E-state index is 13.6. The van der Waals surface area contributed by atoms with Crippen LogP contribution in [0.5, 0.6) is 11.5 Å². The van der Waals surface area contributed by atoms with E-state index in [1.165, 1.54) is 23.1 Å². The van der Waals surface area contributed by atoms with Crippen molar-refractivity contribution in [3.8, 4) is 11.5 Å². The van der Waals surface area contributed by atoms with Crippen LogP contribution in [0.2, 0.25) is 0 Å². The fraction of sp³-hybridized carbons (Fsp3) is 0.120. The SMILES string of the molecule is O=C1c2oc3ccc(Br)cc3c(=O)c2C(c2cccc([N+](=O)[O-])c2)N1Cc1ccc2c(c1)OCO2. The Morgan fingerprint density at radius 1 is 1.03 bits per heavy atom. The number of nitrogens with zero attached hydrogens (tertiary/aromatic N) is 2. The van der Waals surface area contributed by atoms with Gasteiger partial charge in [0.15, 0.2) is 16.9 Å². The van der Waals surface area contributed by atoms with Crippen LogP contribution >= 0.6 is 15.9 Å². The number of carbonyl (C=O) groups is 1. The molecule has 2 aliphatic heterocycles. The third kappa shape index (κ3) is 3.45. The molecule has 0 fully saturated rings. The van der Waals surface area contributed by atoms with Crippen molar-refractivity contribution in [3.05, 3.63) is 108 Å². The third-order valence-corrected chi connectivity index (χ3v) is 6.61. The van der Waals surface area contributed by atoms with Crippen molar-refractivity contribution < 1.29 is 23.6 Å². The fourth-order valence-electron chi connectivity index (χ4n) is 4.55. The van der Waals surface area contributed by atoms with E-state index >= 15 is 0 Å². The first-order valence-corrected chi connectivity index (χ1v) is 11.4. The molecular weight excluding hydrogens is 520 g/mol. The number of amides is 1. The fourth-order valence-corrected chi connectivity index (χ4v) is 4.91. The highest BCUT2D eigenvalue weighted by atomic mass is 79.9. The van der Waals surface area contributed by atoms with Gasteiger partial charge in [-0.2, -0.15) is 0 Å². The number of hydrogen-bond donors (Lipinski definition) is 0. The van der Waals surface area contributed by atoms with Crippen molar-refractivity contribution in [1.29, 1.82) is 0 Å². The zero-order valence-corrected chi connectivity index (χ0v) is 19.5. The average Bonchev–Trinajstić information content (AvgIpc) is 3.42. The molecule has 1 atom stereocenters. The molecule has 10 heteroatoms. The number of halogens is 1. The van der Waals surface area contributed by atoms with Crippen molar-refractivity contribution in [2.75, 3.05) is 6.79 Å². The summed E-state index contributed by atoms with van der Waals surface area (Å²) < 4.78 is 17.4. The molecule has 0 radical (unpaired) electrons. The summed E-state index contributed by atoms with van der Waals surface area (Å²) in [5.74, 6) is 0.621. The Morgan fingerprint density at radius 2 is 1.86 bits per heavy atom. The van der Waals surface area contributed by atoms with Crippen LogP contribution in [0.4, 0.5) is 5.69 Å². The number of nitro groups is 1. The van der Waals surface area contributed by atoms with Gasteiger partial charge in [-0.1, -0.05) is 34.1 Å². The van der Waals surface area contributed by atoms with Gasteiger partial charge in [0, 0.05) is 23.2 Å². The second kappa shape index (κ2) is 7.95. The van der Waals surface area contributed by atoms with Gasteiger partial charge >= 0.3 is 0 Å². The zero-order chi connectivity index (χ0) is 24.3. The molecule has 0 spiro atoms. The van der Waals surface area contributed by atoms with E-state index in [1.807, 2.05) is 0 Å². The van der Waals surface area contributed by atoms with E-state index in [-0.39, 0.29) is 41.4 Å². The molecule has 0 saturated heterocycles. The summed E-state index contributed by atoms with van der Waals surface area (Å²) in [5.41, 5.74) is 1.12. The molecule has 1 aromatic heterocycles. The number of hydrogen-bond acceptors (Lipinski definition) is 7. The molecule has 0 N–H and O–H groups in total. The van der Waals surface area contributed by atoms with E-state index < -0.39 is 16.9 Å². The molecule has 174 valence electrons. The number of ether oxygens (including phenoxy) is 2. The largest absolute Gasteiger partial charge is 0.454 e. The van der Waals surface area contributed by atoms with Gasteiger partial charge < -0.3 is 18.8 Å². The maximum atomic E-state index is 13.6. The Labute approximate surface area is 205 Å². The standard InChI is InChI=1S/C25H15BrN2O7/c26-15-5-7-18-17(10-15)23(29)21-22(14-2-1-3-16(9-14)28(31)32)27(25(30)24(21)35-18)11-13-4-6-19-20(8-13)34-12-33-19/h1-10,22H,11-12H2. The van der Waals surface area contributed by atoms with Crippen LogP contribution in [0.1, 0.15) is 33.3 Å². The van der Waals surface area contributed by atoms with Gasteiger partial charge in [-0.3, -0.25) is 19.7 Å². The van der Waals surface area contributed by atoms with Crippen LogP contribution in [-0.4, -0.2) is 22.5 Å². The van der Waals surface area contributed by atoms with Crippen molar-refractivity contribution in [2.45, 2.75) is 12.6 Å². The van der Waals surface area contributed by atoms with Crippen molar-refractivity contribution >= 4 is 38.5 Å². The van der Waals surface area contributed by atoms with E-state index in [1.54, 1.807) is 42.5 Å². The summed E-state index contributed by atoms with van der Waals surface area (Å²) in [6.45, 7) is 0.232. The van der Waals surface area contributed by atoms with Crippen LogP contribution in [0.25, 0.3) is 11.0 Å². The molecule has 4 aromatic rings. The van der Waals surface area contributed by atoms with Crippen molar-refractivity contribution in [1.82, 2.24) is 4.90 Å². The minimum Gasteiger partial charge on any atom is -0.454 e. The van der Waals surface area contributed by atoms with E-state index in [0.29, 0.717) is 26.9 Å². The summed E-state index contributed by atoms with van der Waals surface area (Å²) >= 11 is 3.37. The first-order valence-electron chi connectivity index (χ1n) is 10.6. The van der Waals surface area contributed by atoms with Crippen LogP contribution in [-0.2, 0) is 6.54 Å². The molecule has 3 heterocycles. The average molecular weight is 535 g/mol. The summed E-state index contributed by atoms with van der Waals surface area (Å²) in [6, 6.07) is 15.4. The maximum Gasteiger partial charge on any atom is 0.291 e. The van der Waals surface area contributed by atoms with Gasteiger partial charge in [-0.15, -0.1) is 0 Å². The summed E-state index contributed by atoms with van der Waals surface area (Å²) in [5, 5.41) is 11.8. The van der Waals surface area contributed by atoms with E-state index in [9.17, 15) is 19.7 Å². The normalized spacial score (nSPS) is 16.1. The molecule has 1 unspecified atom stereocenters. The Balaban J connectivity index is 1.54. The highest BCUT2D eigenvalue weighted by Gasteiger charge is 2.43. The smallest absolute Gasteiger partial charge is 0.291 e. The number of carbonyl (C=O) groups excluding carboxylic acids is 1. The van der Waals surface area contributed by atoms with Crippen LogP contribution in [0.15, 0.2) is 74.3 Å². The van der Waals surface area contributed by atoms with Gasteiger partial charge in [-0.25, -0.2) is 0 Å². The van der Waals surface area contributed by atoms with Gasteiger partial charge in [0.05, 0.1) is 21.9 Å². The van der Waals surface area contributed by atoms with Gasteiger partial charge in [0.2, 0.25) is 12.6 Å². The van der Waals surface area contributed by atoms with Crippen molar-refractivity contribution in [3.63, 3.8) is 0 Å². The van der Waals surface area contributed by atoms with Crippen LogP contribution in [0.3, 0.4) is 0 Å². The summed E-state index contributed by atoms with van der Waals surface area (Å²) in [4.78, 5) is 39.7. The number of fused-ring (bicyclic) bond motifs is 3. The minimum absolute atomic E-state index is 0.0675. The number of non-ortho nitro benzene ring substituents is 1. The Bertz CT molecular complexity index is 1610. The van der Waals surface area contributed by atoms with Gasteiger partial charge in [-0.05, 0) is 41.5 Å². The quantitative estimate of drug-likeness (QED) is 0.269. The Kier molecular flexibility index (Phi) is 4.85. The molecule has 1 amide bonds. The van der Waals surface area contributed by atoms with Crippen molar-refractivity contribution in [2.24, 2.45) is 0 Å². The third-order valence-electron chi connectivity index (χ3n) is 6.11. The monoisotopic (exact) mass is 534 g/mol. The van der Waals surface area contributed by atoms with E-state index in [4.69, 9.17) is 13.9 Å². The molecule has 0 aliphatic carbocycles. The lowest BCUT2D eigenvalue weighted by molar-refractivity contribution is -0.384. The predicted octanol–water partition coefficient (Wildman–Crippen LogP) is 4.94. The highest BCUT2D eigenvalue weighted by molar-refractivity contribution is 9.10. The second-order valence-electron chi connectivity index (χ2n) is 8.19. The lowest BCUT2D eigenvalue weighted by Gasteiger charge is -2.25. The highest BCUT2D eigenvalue weighted by Crippen LogP contribution is 2.41. The molecule has 35 heavy (non-hydrogen) atoms. The predicted molar refractivity (Wildman–Crippen MR) is 128 cm³/mol. The second-order valence-corrected chi connectivity index (χ2v) is 9.11. The molecule has 0 bridgehead atoms. The summed E-state index contributed by atoms with van der Waals surface area (Å²) in [7, 11) is 0. The Hall–Kier alpha value is -4.18. The molecule has 2 aliphatic rings. The minimum atomic E-state index is -0.873. The molecule has 6 rings (SSSR count). The van der Waals surface area contributed by atoms with Crippen LogP contribution in [0, 0.1) is 10.1 Å². The topological polar surface area (TPSA) is 112 Å². The van der Waals surface area contributed by atoms with E-state index in [2.05, 4.69) is 15.9 Å². The van der Waals surface area contributed by atoms with E-state index in [0.717, 1.165) is 5.56 Å².